The Kier molecular flexibility index (Phi) is 5.94. The number of nitrogens with zero attached hydrogens (tertiary/aromatic N) is 2. The normalized spacial score (nSPS) is 11.7. The van der Waals surface area contributed by atoms with Gasteiger partial charge in [0, 0.05) is 16.6 Å². The van der Waals surface area contributed by atoms with Crippen LogP contribution < -0.4 is 15.6 Å². The largest absolute Gasteiger partial charge is 0.493 e. The van der Waals surface area contributed by atoms with Gasteiger partial charge in [-0.2, -0.15) is 0 Å². The highest BCUT2D eigenvalue weighted by molar-refractivity contribution is 6.05. The second-order valence-corrected chi connectivity index (χ2v) is 8.93. The monoisotopic (exact) mass is 500 g/mol. The van der Waals surface area contributed by atoms with Crippen molar-refractivity contribution in [2.75, 3.05) is 12.4 Å². The second-order valence-electron chi connectivity index (χ2n) is 8.93. The molecule has 1 amide bonds. The first-order chi connectivity index (χ1) is 18.6. The molecular weight excluding hydrogens is 476 g/mol. The summed E-state index contributed by atoms with van der Waals surface area (Å²) in [7, 11) is 1.58. The van der Waals surface area contributed by atoms with Crippen LogP contribution in [0.2, 0.25) is 0 Å². The molecule has 7 nitrogen and oxygen atoms in total. The highest BCUT2D eigenvalue weighted by Crippen LogP contribution is 2.26. The van der Waals surface area contributed by atoms with Gasteiger partial charge in [0.25, 0.3) is 5.91 Å². The number of ether oxygens (including phenoxy) is 1. The van der Waals surface area contributed by atoms with Crippen molar-refractivity contribution < 1.29 is 13.9 Å². The number of aromatic amines is 1. The molecule has 7 heteroatoms. The number of anilines is 1. The van der Waals surface area contributed by atoms with E-state index in [1.54, 1.807) is 13.2 Å². The molecule has 0 aliphatic rings. The summed E-state index contributed by atoms with van der Waals surface area (Å²) in [6.07, 6.45) is 0. The zero-order chi connectivity index (χ0) is 26.1. The number of imidazole rings is 1. The predicted molar refractivity (Wildman–Crippen MR) is 149 cm³/mol. The van der Waals surface area contributed by atoms with E-state index in [-0.39, 0.29) is 11.5 Å². The van der Waals surface area contributed by atoms with Crippen molar-refractivity contribution in [3.05, 3.63) is 114 Å². The number of aromatic nitrogens is 2. The van der Waals surface area contributed by atoms with Crippen molar-refractivity contribution in [3.63, 3.8) is 0 Å². The molecule has 0 saturated carbocycles. The summed E-state index contributed by atoms with van der Waals surface area (Å²) in [5, 5.41) is 3.71. The summed E-state index contributed by atoms with van der Waals surface area (Å²) in [5.74, 6) is 1.00. The van der Waals surface area contributed by atoms with Crippen LogP contribution >= 0.6 is 0 Å². The SMILES string of the molecule is COc1cccc2cc(C(=O)Nc3ccc(-c4nc5ccccc5[nH]4)cc3)c(=Nc3ccc(C)cc3)oc12. The lowest BCUT2D eigenvalue weighted by Crippen LogP contribution is -2.21. The summed E-state index contributed by atoms with van der Waals surface area (Å²) in [6, 6.07) is 30.4. The van der Waals surface area contributed by atoms with E-state index in [1.165, 1.54) is 0 Å². The van der Waals surface area contributed by atoms with Crippen LogP contribution in [0.15, 0.2) is 106 Å². The average Bonchev–Trinajstić information content (AvgIpc) is 3.38. The van der Waals surface area contributed by atoms with E-state index in [9.17, 15) is 4.79 Å². The predicted octanol–water partition coefficient (Wildman–Crippen LogP) is 6.78. The van der Waals surface area contributed by atoms with Gasteiger partial charge in [-0.15, -0.1) is 0 Å². The third-order valence-electron chi connectivity index (χ3n) is 6.27. The Hall–Kier alpha value is -5.17. The van der Waals surface area contributed by atoms with Gasteiger partial charge in [0.1, 0.15) is 11.4 Å². The number of H-pyrrole nitrogens is 1. The van der Waals surface area contributed by atoms with Gasteiger partial charge >= 0.3 is 0 Å². The molecule has 2 heterocycles. The molecule has 0 aliphatic carbocycles. The number of hydrogen-bond donors (Lipinski definition) is 2. The van der Waals surface area contributed by atoms with Crippen molar-refractivity contribution in [2.24, 2.45) is 4.99 Å². The van der Waals surface area contributed by atoms with Gasteiger partial charge in [-0.3, -0.25) is 4.79 Å². The summed E-state index contributed by atoms with van der Waals surface area (Å²) >= 11 is 0. The number of hydrogen-bond acceptors (Lipinski definition) is 5. The van der Waals surface area contributed by atoms with Gasteiger partial charge < -0.3 is 19.5 Å². The Morgan fingerprint density at radius 2 is 1.74 bits per heavy atom. The summed E-state index contributed by atoms with van der Waals surface area (Å²) in [5.41, 5.74) is 6.26. The summed E-state index contributed by atoms with van der Waals surface area (Å²) < 4.78 is 11.6. The highest BCUT2D eigenvalue weighted by Gasteiger charge is 2.15. The summed E-state index contributed by atoms with van der Waals surface area (Å²) in [6.45, 7) is 2.01. The number of nitrogens with one attached hydrogen (secondary N) is 2. The molecular formula is C31H24N4O3. The fraction of sp³-hybridized carbons (Fsp3) is 0.0645. The maximum absolute atomic E-state index is 13.5. The number of fused-ring (bicyclic) bond motifs is 2. The zero-order valence-electron chi connectivity index (χ0n) is 20.9. The van der Waals surface area contributed by atoms with Gasteiger partial charge in [0.15, 0.2) is 11.3 Å². The fourth-order valence-electron chi connectivity index (χ4n) is 4.27. The van der Waals surface area contributed by atoms with Crippen LogP contribution in [0, 0.1) is 6.92 Å². The molecule has 38 heavy (non-hydrogen) atoms. The number of carbonyl (C=O) groups is 1. The van der Waals surface area contributed by atoms with Gasteiger partial charge in [-0.25, -0.2) is 9.98 Å². The number of para-hydroxylation sites is 3. The van der Waals surface area contributed by atoms with Crippen LogP contribution in [-0.4, -0.2) is 23.0 Å². The van der Waals surface area contributed by atoms with Crippen molar-refractivity contribution in [2.45, 2.75) is 6.92 Å². The molecule has 0 spiro atoms. The molecule has 6 rings (SSSR count). The smallest absolute Gasteiger partial charge is 0.261 e. The van der Waals surface area contributed by atoms with Gasteiger partial charge in [0.05, 0.1) is 23.8 Å². The van der Waals surface area contributed by atoms with Gasteiger partial charge in [-0.1, -0.05) is 42.0 Å². The first kappa shape index (κ1) is 23.2. The van der Waals surface area contributed by atoms with Crippen LogP contribution in [0.25, 0.3) is 33.4 Å². The Labute approximate surface area is 218 Å². The Balaban J connectivity index is 1.35. The zero-order valence-corrected chi connectivity index (χ0v) is 20.9. The third kappa shape index (κ3) is 4.53. The molecule has 6 aromatic rings. The van der Waals surface area contributed by atoms with Crippen LogP contribution in [0.5, 0.6) is 5.75 Å². The average molecular weight is 501 g/mol. The second kappa shape index (κ2) is 9.71. The number of aryl methyl sites for hydroxylation is 1. The number of rotatable bonds is 5. The minimum absolute atomic E-state index is 0.197. The number of carbonyl (C=O) groups excluding carboxylic acids is 1. The molecule has 0 saturated heterocycles. The summed E-state index contributed by atoms with van der Waals surface area (Å²) in [4.78, 5) is 26.1. The standard InChI is InChI=1S/C31H24N4O3/c1-19-10-14-23(15-11-19)33-31-24(18-21-6-5-9-27(37-2)28(21)38-31)30(36)32-22-16-12-20(13-17-22)29-34-25-7-3-4-8-26(25)35-29/h3-18H,1-2H3,(H,32,36)(H,34,35). The fourth-order valence-corrected chi connectivity index (χ4v) is 4.27. The topological polar surface area (TPSA) is 92.5 Å². The van der Waals surface area contributed by atoms with Crippen LogP contribution in [0.4, 0.5) is 11.4 Å². The van der Waals surface area contributed by atoms with Crippen LogP contribution in [0.3, 0.4) is 0 Å². The third-order valence-corrected chi connectivity index (χ3v) is 6.27. The minimum atomic E-state index is -0.333. The maximum atomic E-state index is 13.5. The molecule has 0 aliphatic heterocycles. The van der Waals surface area contributed by atoms with E-state index in [4.69, 9.17) is 9.15 Å². The van der Waals surface area contributed by atoms with Gasteiger partial charge in [-0.05, 0) is 67.6 Å². The van der Waals surface area contributed by atoms with Gasteiger partial charge in [0.2, 0.25) is 5.55 Å². The molecule has 2 aromatic heterocycles. The molecule has 186 valence electrons. The lowest BCUT2D eigenvalue weighted by Gasteiger charge is -2.09. The molecule has 0 bridgehead atoms. The first-order valence-electron chi connectivity index (χ1n) is 12.2. The van der Waals surface area contributed by atoms with E-state index < -0.39 is 0 Å². The van der Waals surface area contributed by atoms with E-state index >= 15 is 0 Å². The van der Waals surface area contributed by atoms with Crippen molar-refractivity contribution >= 4 is 39.3 Å². The lowest BCUT2D eigenvalue weighted by molar-refractivity contribution is 0.102. The number of methoxy groups -OCH3 is 1. The molecule has 2 N–H and O–H groups in total. The molecule has 0 radical (unpaired) electrons. The van der Waals surface area contributed by atoms with E-state index in [0.29, 0.717) is 28.3 Å². The van der Waals surface area contributed by atoms with Crippen molar-refractivity contribution in [1.29, 1.82) is 0 Å². The minimum Gasteiger partial charge on any atom is -0.493 e. The van der Waals surface area contributed by atoms with Crippen LogP contribution in [-0.2, 0) is 0 Å². The number of benzene rings is 4. The quantitative estimate of drug-likeness (QED) is 0.273. The van der Waals surface area contributed by atoms with Crippen molar-refractivity contribution in [3.8, 4) is 17.1 Å². The number of amides is 1. The van der Waals surface area contributed by atoms with E-state index in [0.717, 1.165) is 33.4 Å². The highest BCUT2D eigenvalue weighted by atomic mass is 16.5. The van der Waals surface area contributed by atoms with E-state index in [2.05, 4.69) is 20.3 Å². The molecule has 0 fully saturated rings. The van der Waals surface area contributed by atoms with E-state index in [1.807, 2.05) is 97.9 Å². The Morgan fingerprint density at radius 3 is 2.50 bits per heavy atom. The molecule has 0 atom stereocenters. The lowest BCUT2D eigenvalue weighted by atomic mass is 10.1. The van der Waals surface area contributed by atoms with Crippen LogP contribution in [0.1, 0.15) is 15.9 Å². The van der Waals surface area contributed by atoms with Crippen molar-refractivity contribution in [1.82, 2.24) is 9.97 Å². The first-order valence-corrected chi connectivity index (χ1v) is 12.2. The molecule has 4 aromatic carbocycles. The maximum Gasteiger partial charge on any atom is 0.261 e. The Morgan fingerprint density at radius 1 is 0.947 bits per heavy atom. The molecule has 0 unspecified atom stereocenters. The Bertz CT molecular complexity index is 1820.